The van der Waals surface area contributed by atoms with Crippen LogP contribution in [0.2, 0.25) is 0 Å². The van der Waals surface area contributed by atoms with E-state index in [-0.39, 0.29) is 0 Å². The molecule has 0 fully saturated rings. The number of carboxylic acid groups (broad SMARTS) is 1. The fraction of sp³-hybridized carbons (Fsp3) is 0.333. The van der Waals surface area contributed by atoms with E-state index >= 15 is 0 Å². The largest absolute Gasteiger partial charge is 0.478 e. The molecule has 2 aromatic rings. The molecular weight excluding hydrogens is 246 g/mol. The van der Waals surface area contributed by atoms with Crippen LogP contribution in [0.5, 0.6) is 0 Å². The average Bonchev–Trinajstić information content (AvgIpc) is 2.94. The monoisotopic (exact) mass is 259 g/mol. The molecule has 0 unspecified atom stereocenters. The van der Waals surface area contributed by atoms with Gasteiger partial charge in [0.15, 0.2) is 5.82 Å². The molecule has 98 valence electrons. The van der Waals surface area contributed by atoms with Gasteiger partial charge in [-0.2, -0.15) is 4.80 Å². The predicted molar refractivity (Wildman–Crippen MR) is 65.2 cm³/mol. The van der Waals surface area contributed by atoms with Crippen LogP contribution >= 0.6 is 0 Å². The molecule has 0 spiro atoms. The molecule has 2 heterocycles. The van der Waals surface area contributed by atoms with E-state index in [2.05, 4.69) is 20.3 Å². The average molecular weight is 259 g/mol. The van der Waals surface area contributed by atoms with Crippen molar-refractivity contribution in [2.24, 2.45) is 7.05 Å². The van der Waals surface area contributed by atoms with Crippen LogP contribution in [0.15, 0.2) is 18.2 Å². The van der Waals surface area contributed by atoms with Crippen LogP contribution in [-0.4, -0.2) is 36.2 Å². The number of aromatic carboxylic acids is 1. The van der Waals surface area contributed by atoms with Crippen molar-refractivity contribution in [3.05, 3.63) is 40.7 Å². The highest BCUT2D eigenvalue weighted by Gasteiger charge is 2.21. The number of rotatable bonds is 3. The molecular formula is C12H13N5O2. The number of fused-ring (bicyclic) bond motifs is 1. The zero-order chi connectivity index (χ0) is 13.4. The molecule has 0 bridgehead atoms. The van der Waals surface area contributed by atoms with E-state index < -0.39 is 5.97 Å². The van der Waals surface area contributed by atoms with Crippen molar-refractivity contribution in [3.63, 3.8) is 0 Å². The molecule has 3 rings (SSSR count). The van der Waals surface area contributed by atoms with E-state index in [4.69, 9.17) is 5.11 Å². The van der Waals surface area contributed by atoms with Gasteiger partial charge in [0.25, 0.3) is 0 Å². The molecule has 1 aliphatic rings. The number of aryl methyl sites for hydroxylation is 1. The van der Waals surface area contributed by atoms with Gasteiger partial charge in [-0.15, -0.1) is 10.2 Å². The van der Waals surface area contributed by atoms with Crippen LogP contribution in [0.1, 0.15) is 27.3 Å². The maximum absolute atomic E-state index is 10.9. The highest BCUT2D eigenvalue weighted by molar-refractivity contribution is 5.87. The molecule has 1 N–H and O–H groups in total. The minimum absolute atomic E-state index is 0.332. The molecule has 1 aromatic heterocycles. The number of nitrogens with zero attached hydrogens (tertiary/aromatic N) is 5. The molecule has 7 heteroatoms. The van der Waals surface area contributed by atoms with Crippen LogP contribution in [0.3, 0.4) is 0 Å². The Balaban J connectivity index is 1.75. The third kappa shape index (κ3) is 2.32. The molecule has 19 heavy (non-hydrogen) atoms. The first-order chi connectivity index (χ1) is 9.11. The van der Waals surface area contributed by atoms with Crippen LogP contribution in [0.4, 0.5) is 0 Å². The summed E-state index contributed by atoms with van der Waals surface area (Å²) in [4.78, 5) is 14.5. The second kappa shape index (κ2) is 4.43. The summed E-state index contributed by atoms with van der Waals surface area (Å²) in [6.45, 7) is 2.12. The Morgan fingerprint density at radius 3 is 2.84 bits per heavy atom. The van der Waals surface area contributed by atoms with Gasteiger partial charge in [0.05, 0.1) is 19.2 Å². The number of aromatic nitrogens is 4. The van der Waals surface area contributed by atoms with Crippen molar-refractivity contribution in [1.29, 1.82) is 0 Å². The van der Waals surface area contributed by atoms with Crippen molar-refractivity contribution < 1.29 is 9.90 Å². The first-order valence-corrected chi connectivity index (χ1v) is 5.92. The van der Waals surface area contributed by atoms with Gasteiger partial charge >= 0.3 is 5.97 Å². The third-order valence-electron chi connectivity index (χ3n) is 3.16. The Morgan fingerprint density at radius 1 is 1.37 bits per heavy atom. The Bertz CT molecular complexity index is 637. The van der Waals surface area contributed by atoms with Gasteiger partial charge in [-0.3, -0.25) is 4.90 Å². The number of hydrogen-bond donors (Lipinski definition) is 1. The first kappa shape index (κ1) is 11.8. The summed E-state index contributed by atoms with van der Waals surface area (Å²) in [5, 5.41) is 20.9. The summed E-state index contributed by atoms with van der Waals surface area (Å²) in [5.74, 6) is -0.217. The van der Waals surface area contributed by atoms with Gasteiger partial charge in [0.2, 0.25) is 0 Å². The van der Waals surface area contributed by atoms with Crippen molar-refractivity contribution in [2.45, 2.75) is 19.6 Å². The highest BCUT2D eigenvalue weighted by atomic mass is 16.4. The number of hydrogen-bond acceptors (Lipinski definition) is 5. The molecule has 1 aliphatic heterocycles. The molecule has 0 saturated heterocycles. The first-order valence-electron chi connectivity index (χ1n) is 5.92. The highest BCUT2D eigenvalue weighted by Crippen LogP contribution is 2.24. The zero-order valence-electron chi connectivity index (χ0n) is 10.4. The molecule has 0 aliphatic carbocycles. The second-order valence-electron chi connectivity index (χ2n) is 4.63. The summed E-state index contributed by atoms with van der Waals surface area (Å²) in [6.07, 6.45) is 0. The summed E-state index contributed by atoms with van der Waals surface area (Å²) >= 11 is 0. The summed E-state index contributed by atoms with van der Waals surface area (Å²) in [7, 11) is 1.73. The quantitative estimate of drug-likeness (QED) is 0.860. The fourth-order valence-electron chi connectivity index (χ4n) is 2.30. The normalized spacial score (nSPS) is 14.6. The van der Waals surface area contributed by atoms with E-state index in [1.807, 2.05) is 6.07 Å². The van der Waals surface area contributed by atoms with Crippen LogP contribution < -0.4 is 0 Å². The topological polar surface area (TPSA) is 84.1 Å². The lowest BCUT2D eigenvalue weighted by Crippen LogP contribution is -2.16. The molecule has 1 aromatic carbocycles. The zero-order valence-corrected chi connectivity index (χ0v) is 10.4. The van der Waals surface area contributed by atoms with Gasteiger partial charge in [-0.05, 0) is 28.5 Å². The smallest absolute Gasteiger partial charge is 0.335 e. The molecule has 7 nitrogen and oxygen atoms in total. The Kier molecular flexibility index (Phi) is 2.75. The lowest BCUT2D eigenvalue weighted by molar-refractivity contribution is 0.0696. The third-order valence-corrected chi connectivity index (χ3v) is 3.16. The van der Waals surface area contributed by atoms with Crippen LogP contribution in [-0.2, 0) is 26.7 Å². The van der Waals surface area contributed by atoms with E-state index in [0.717, 1.165) is 17.7 Å². The predicted octanol–water partition coefficient (Wildman–Crippen LogP) is 0.424. The fourth-order valence-corrected chi connectivity index (χ4v) is 2.30. The lowest BCUT2D eigenvalue weighted by atomic mass is 10.1. The maximum Gasteiger partial charge on any atom is 0.335 e. The standard InChI is InChI=1S/C12H13N5O2/c1-16-14-11(13-15-16)7-17-5-9-3-2-8(12(18)19)4-10(9)6-17/h2-4H,5-7H2,1H3,(H,18,19). The van der Waals surface area contributed by atoms with Gasteiger partial charge < -0.3 is 5.11 Å². The lowest BCUT2D eigenvalue weighted by Gasteiger charge is -2.10. The van der Waals surface area contributed by atoms with E-state index in [9.17, 15) is 4.79 Å². The Morgan fingerprint density at radius 2 is 2.16 bits per heavy atom. The van der Waals surface area contributed by atoms with Gasteiger partial charge in [0.1, 0.15) is 0 Å². The van der Waals surface area contributed by atoms with Gasteiger partial charge in [-0.25, -0.2) is 4.79 Å². The minimum atomic E-state index is -0.892. The number of tetrazole rings is 1. The second-order valence-corrected chi connectivity index (χ2v) is 4.63. The van der Waals surface area contributed by atoms with Crippen molar-refractivity contribution in [2.75, 3.05) is 0 Å². The number of carbonyl (C=O) groups is 1. The van der Waals surface area contributed by atoms with E-state index in [1.165, 1.54) is 4.80 Å². The van der Waals surface area contributed by atoms with Crippen molar-refractivity contribution in [1.82, 2.24) is 25.1 Å². The Hall–Kier alpha value is -2.28. The SMILES string of the molecule is Cn1nnc(CN2Cc3ccc(C(=O)O)cc3C2)n1. The molecule has 0 saturated carbocycles. The van der Waals surface area contributed by atoms with Crippen LogP contribution in [0.25, 0.3) is 0 Å². The van der Waals surface area contributed by atoms with Crippen molar-refractivity contribution >= 4 is 5.97 Å². The van der Waals surface area contributed by atoms with Crippen molar-refractivity contribution in [3.8, 4) is 0 Å². The molecule has 0 radical (unpaired) electrons. The summed E-state index contributed by atoms with van der Waals surface area (Å²) in [6, 6.07) is 5.26. The van der Waals surface area contributed by atoms with Gasteiger partial charge in [-0.1, -0.05) is 6.07 Å². The van der Waals surface area contributed by atoms with E-state index in [1.54, 1.807) is 19.2 Å². The minimum Gasteiger partial charge on any atom is -0.478 e. The molecule has 0 amide bonds. The number of carboxylic acids is 1. The van der Waals surface area contributed by atoms with Gasteiger partial charge in [0, 0.05) is 13.1 Å². The number of benzene rings is 1. The Labute approximate surface area is 109 Å². The van der Waals surface area contributed by atoms with Crippen LogP contribution in [0, 0.1) is 0 Å². The maximum atomic E-state index is 10.9. The van der Waals surface area contributed by atoms with E-state index in [0.29, 0.717) is 24.5 Å². The summed E-state index contributed by atoms with van der Waals surface area (Å²) < 4.78 is 0. The summed E-state index contributed by atoms with van der Waals surface area (Å²) in [5.41, 5.74) is 2.55. The molecule has 0 atom stereocenters.